The lowest BCUT2D eigenvalue weighted by Crippen LogP contribution is -2.39. The number of ether oxygens (including phenoxy) is 1. The van der Waals surface area contributed by atoms with Crippen molar-refractivity contribution in [2.24, 2.45) is 0 Å². The smallest absolute Gasteiger partial charge is 0.261 e. The van der Waals surface area contributed by atoms with E-state index < -0.39 is 6.10 Å². The normalized spacial score (nSPS) is 11.9. The topological polar surface area (TPSA) is 38.3 Å². The lowest BCUT2D eigenvalue weighted by molar-refractivity contribution is -0.127. The third-order valence-electron chi connectivity index (χ3n) is 4.56. The molecule has 0 aromatic heterocycles. The fraction of sp³-hybridized carbons (Fsp3) is 0.208. The summed E-state index contributed by atoms with van der Waals surface area (Å²) in [6, 6.07) is 25.7. The van der Waals surface area contributed by atoms with E-state index >= 15 is 0 Å². The van der Waals surface area contributed by atoms with Gasteiger partial charge in [-0.1, -0.05) is 78.4 Å². The van der Waals surface area contributed by atoms with Crippen LogP contribution < -0.4 is 10.1 Å². The second-order valence-electron chi connectivity index (χ2n) is 6.79. The van der Waals surface area contributed by atoms with E-state index in [1.54, 1.807) is 6.92 Å². The standard InChI is InChI=1S/C24H25NO2/c1-17-14-15-22(18(2)16-17)27-19(3)24(26)25-23(20-10-6-4-7-11-20)21-12-8-5-9-13-21/h4-16,19,23H,1-3H3,(H,25,26)/t19-/m1/s1. The number of benzene rings is 3. The predicted molar refractivity (Wildman–Crippen MR) is 109 cm³/mol. The van der Waals surface area contributed by atoms with Gasteiger partial charge in [0.2, 0.25) is 0 Å². The molecule has 3 rings (SSSR count). The van der Waals surface area contributed by atoms with Crippen LogP contribution in [0.3, 0.4) is 0 Å². The number of nitrogens with one attached hydrogen (secondary N) is 1. The average molecular weight is 359 g/mol. The second kappa shape index (κ2) is 8.54. The van der Waals surface area contributed by atoms with E-state index in [1.165, 1.54) is 5.56 Å². The van der Waals surface area contributed by atoms with Gasteiger partial charge < -0.3 is 10.1 Å². The van der Waals surface area contributed by atoms with Crippen molar-refractivity contribution in [2.45, 2.75) is 32.9 Å². The third-order valence-corrected chi connectivity index (χ3v) is 4.56. The van der Waals surface area contributed by atoms with Crippen LogP contribution in [0.25, 0.3) is 0 Å². The van der Waals surface area contributed by atoms with Crippen LogP contribution in [0.2, 0.25) is 0 Å². The SMILES string of the molecule is Cc1ccc(O[C@H](C)C(=O)NC(c2ccccc2)c2ccccc2)c(C)c1. The average Bonchev–Trinajstić information content (AvgIpc) is 2.69. The van der Waals surface area contributed by atoms with Gasteiger partial charge in [0.1, 0.15) is 5.75 Å². The summed E-state index contributed by atoms with van der Waals surface area (Å²) in [6.07, 6.45) is -0.596. The molecule has 0 heterocycles. The first-order valence-corrected chi connectivity index (χ1v) is 9.19. The highest BCUT2D eigenvalue weighted by Gasteiger charge is 2.22. The van der Waals surface area contributed by atoms with Crippen LogP contribution in [0.15, 0.2) is 78.9 Å². The summed E-state index contributed by atoms with van der Waals surface area (Å²) in [5.74, 6) is 0.590. The molecule has 1 N–H and O–H groups in total. The van der Waals surface area contributed by atoms with Crippen molar-refractivity contribution < 1.29 is 9.53 Å². The van der Waals surface area contributed by atoms with E-state index in [-0.39, 0.29) is 11.9 Å². The van der Waals surface area contributed by atoms with Crippen molar-refractivity contribution in [2.75, 3.05) is 0 Å². The summed E-state index contributed by atoms with van der Waals surface area (Å²) in [5.41, 5.74) is 4.27. The molecule has 1 amide bonds. The Hall–Kier alpha value is -3.07. The zero-order valence-corrected chi connectivity index (χ0v) is 16.0. The van der Waals surface area contributed by atoms with Crippen LogP contribution in [-0.4, -0.2) is 12.0 Å². The van der Waals surface area contributed by atoms with Crippen molar-refractivity contribution in [1.29, 1.82) is 0 Å². The van der Waals surface area contributed by atoms with Crippen LogP contribution in [-0.2, 0) is 4.79 Å². The molecule has 0 fully saturated rings. The zero-order chi connectivity index (χ0) is 19.2. The molecule has 0 aliphatic heterocycles. The number of hydrogen-bond donors (Lipinski definition) is 1. The molecule has 0 saturated heterocycles. The Morgan fingerprint density at radius 1 is 0.852 bits per heavy atom. The lowest BCUT2D eigenvalue weighted by atomic mass is 9.98. The van der Waals surface area contributed by atoms with Gasteiger partial charge in [-0.2, -0.15) is 0 Å². The van der Waals surface area contributed by atoms with Gasteiger partial charge in [-0.3, -0.25) is 4.79 Å². The minimum atomic E-state index is -0.596. The molecular weight excluding hydrogens is 334 g/mol. The van der Waals surface area contributed by atoms with Gasteiger partial charge in [-0.05, 0) is 43.5 Å². The number of rotatable bonds is 6. The van der Waals surface area contributed by atoms with Gasteiger partial charge in [-0.25, -0.2) is 0 Å². The van der Waals surface area contributed by atoms with Gasteiger partial charge >= 0.3 is 0 Å². The van der Waals surface area contributed by atoms with Crippen LogP contribution in [0.5, 0.6) is 5.75 Å². The van der Waals surface area contributed by atoms with Crippen molar-refractivity contribution in [3.8, 4) is 5.75 Å². The van der Waals surface area contributed by atoms with Gasteiger partial charge in [0.25, 0.3) is 5.91 Å². The van der Waals surface area contributed by atoms with Crippen molar-refractivity contribution in [1.82, 2.24) is 5.32 Å². The van der Waals surface area contributed by atoms with Crippen LogP contribution in [0.1, 0.15) is 35.2 Å². The molecule has 3 nitrogen and oxygen atoms in total. The van der Waals surface area contributed by atoms with E-state index in [0.29, 0.717) is 0 Å². The molecule has 0 aliphatic rings. The van der Waals surface area contributed by atoms with Crippen molar-refractivity contribution in [3.05, 3.63) is 101 Å². The first-order valence-electron chi connectivity index (χ1n) is 9.19. The summed E-state index contributed by atoms with van der Waals surface area (Å²) in [6.45, 7) is 5.81. The summed E-state index contributed by atoms with van der Waals surface area (Å²) in [5, 5.41) is 3.14. The highest BCUT2D eigenvalue weighted by Crippen LogP contribution is 2.23. The summed E-state index contributed by atoms with van der Waals surface area (Å²) in [7, 11) is 0. The number of amides is 1. The first kappa shape index (κ1) is 18.7. The number of aryl methyl sites for hydroxylation is 2. The number of hydrogen-bond acceptors (Lipinski definition) is 2. The molecule has 0 spiro atoms. The molecule has 0 saturated carbocycles. The fourth-order valence-corrected chi connectivity index (χ4v) is 3.09. The first-order chi connectivity index (χ1) is 13.0. The molecule has 27 heavy (non-hydrogen) atoms. The van der Waals surface area contributed by atoms with Crippen molar-refractivity contribution in [3.63, 3.8) is 0 Å². The summed E-state index contributed by atoms with van der Waals surface area (Å²) >= 11 is 0. The van der Waals surface area contributed by atoms with E-state index in [1.807, 2.05) is 86.6 Å². The van der Waals surface area contributed by atoms with E-state index in [9.17, 15) is 4.79 Å². The van der Waals surface area contributed by atoms with Crippen LogP contribution in [0.4, 0.5) is 0 Å². The molecule has 0 unspecified atom stereocenters. The van der Waals surface area contributed by atoms with Crippen molar-refractivity contribution >= 4 is 5.91 Å². The lowest BCUT2D eigenvalue weighted by Gasteiger charge is -2.23. The second-order valence-corrected chi connectivity index (χ2v) is 6.79. The largest absolute Gasteiger partial charge is 0.481 e. The molecule has 0 radical (unpaired) electrons. The monoisotopic (exact) mass is 359 g/mol. The maximum absolute atomic E-state index is 12.8. The Morgan fingerprint density at radius 3 is 1.93 bits per heavy atom. The third kappa shape index (κ3) is 4.76. The molecule has 138 valence electrons. The molecule has 3 heteroatoms. The van der Waals surface area contributed by atoms with E-state index in [0.717, 1.165) is 22.4 Å². The highest BCUT2D eigenvalue weighted by atomic mass is 16.5. The number of carbonyl (C=O) groups excluding carboxylic acids is 1. The van der Waals surface area contributed by atoms with Gasteiger partial charge in [0, 0.05) is 0 Å². The van der Waals surface area contributed by atoms with E-state index in [2.05, 4.69) is 11.4 Å². The Morgan fingerprint density at radius 2 is 1.41 bits per heavy atom. The highest BCUT2D eigenvalue weighted by molar-refractivity contribution is 5.81. The molecule has 0 aliphatic carbocycles. The Bertz CT molecular complexity index is 851. The predicted octanol–water partition coefficient (Wildman–Crippen LogP) is 4.98. The fourth-order valence-electron chi connectivity index (χ4n) is 3.09. The summed E-state index contributed by atoms with van der Waals surface area (Å²) in [4.78, 5) is 12.8. The zero-order valence-electron chi connectivity index (χ0n) is 16.0. The minimum absolute atomic E-state index is 0.146. The minimum Gasteiger partial charge on any atom is -0.481 e. The Kier molecular flexibility index (Phi) is 5.92. The quantitative estimate of drug-likeness (QED) is 0.674. The van der Waals surface area contributed by atoms with Gasteiger partial charge in [-0.15, -0.1) is 0 Å². The van der Waals surface area contributed by atoms with Crippen LogP contribution in [0, 0.1) is 13.8 Å². The molecule has 3 aromatic rings. The van der Waals surface area contributed by atoms with E-state index in [4.69, 9.17) is 4.74 Å². The number of carbonyl (C=O) groups is 1. The molecular formula is C24H25NO2. The van der Waals surface area contributed by atoms with Gasteiger partial charge in [0.05, 0.1) is 6.04 Å². The maximum Gasteiger partial charge on any atom is 0.261 e. The Balaban J connectivity index is 1.78. The molecule has 0 bridgehead atoms. The molecule has 3 aromatic carbocycles. The Labute approximate surface area is 161 Å². The van der Waals surface area contributed by atoms with Gasteiger partial charge in [0.15, 0.2) is 6.10 Å². The van der Waals surface area contributed by atoms with Crippen LogP contribution >= 0.6 is 0 Å². The summed E-state index contributed by atoms with van der Waals surface area (Å²) < 4.78 is 5.92. The maximum atomic E-state index is 12.8. The molecule has 1 atom stereocenters.